The highest BCUT2D eigenvalue weighted by Crippen LogP contribution is 2.30. The second-order valence-electron chi connectivity index (χ2n) is 6.59. The van der Waals surface area contributed by atoms with Gasteiger partial charge < -0.3 is 5.32 Å². The Bertz CT molecular complexity index is 1000. The van der Waals surface area contributed by atoms with Crippen molar-refractivity contribution < 1.29 is 18.0 Å². The van der Waals surface area contributed by atoms with E-state index in [1.165, 1.54) is 10.7 Å². The molecule has 0 saturated heterocycles. The largest absolute Gasteiger partial charge is 0.416 e. The van der Waals surface area contributed by atoms with Crippen LogP contribution in [0, 0.1) is 13.8 Å². The third-order valence-electron chi connectivity index (χ3n) is 4.44. The minimum atomic E-state index is -4.43. The molecule has 6 nitrogen and oxygen atoms in total. The number of aromatic nitrogens is 4. The molecule has 0 unspecified atom stereocenters. The van der Waals surface area contributed by atoms with Crippen LogP contribution in [0.4, 0.5) is 13.2 Å². The van der Waals surface area contributed by atoms with E-state index in [2.05, 4.69) is 15.5 Å². The summed E-state index contributed by atoms with van der Waals surface area (Å²) in [5.41, 5.74) is 2.37. The van der Waals surface area contributed by atoms with Crippen molar-refractivity contribution in [2.24, 2.45) is 7.05 Å². The van der Waals surface area contributed by atoms with Crippen LogP contribution in [0.1, 0.15) is 28.1 Å². The molecule has 0 aliphatic carbocycles. The summed E-state index contributed by atoms with van der Waals surface area (Å²) >= 11 is 0. The molecule has 0 bridgehead atoms. The highest BCUT2D eigenvalue weighted by atomic mass is 19.4. The molecule has 2 aromatic heterocycles. The van der Waals surface area contributed by atoms with Crippen LogP contribution in [-0.2, 0) is 31.0 Å². The number of hydrogen-bond donors (Lipinski definition) is 1. The van der Waals surface area contributed by atoms with Gasteiger partial charge in [0.2, 0.25) is 5.91 Å². The molecule has 0 fully saturated rings. The number of rotatable bonds is 5. The number of aryl methyl sites for hydroxylation is 2. The molecule has 0 saturated carbocycles. The Labute approximate surface area is 160 Å². The first-order valence-corrected chi connectivity index (χ1v) is 8.62. The topological polar surface area (TPSA) is 64.7 Å². The summed E-state index contributed by atoms with van der Waals surface area (Å²) < 4.78 is 42.0. The zero-order valence-electron chi connectivity index (χ0n) is 15.7. The van der Waals surface area contributed by atoms with Gasteiger partial charge in [-0.05, 0) is 32.0 Å². The van der Waals surface area contributed by atoms with E-state index in [-0.39, 0.29) is 12.3 Å². The molecule has 9 heteroatoms. The predicted molar refractivity (Wildman–Crippen MR) is 96.8 cm³/mol. The summed E-state index contributed by atoms with van der Waals surface area (Å²) in [5, 5.41) is 11.2. The molecule has 0 spiro atoms. The van der Waals surface area contributed by atoms with Crippen LogP contribution in [0.25, 0.3) is 5.69 Å². The molecular formula is C19H20F3N5O. The third kappa shape index (κ3) is 4.24. The van der Waals surface area contributed by atoms with Crippen molar-refractivity contribution in [1.82, 2.24) is 24.9 Å². The van der Waals surface area contributed by atoms with E-state index < -0.39 is 11.7 Å². The Kier molecular flexibility index (Phi) is 5.26. The quantitative estimate of drug-likeness (QED) is 0.727. The Morgan fingerprint density at radius 3 is 2.64 bits per heavy atom. The minimum Gasteiger partial charge on any atom is -0.352 e. The lowest BCUT2D eigenvalue weighted by Crippen LogP contribution is -2.24. The second kappa shape index (κ2) is 7.49. The van der Waals surface area contributed by atoms with E-state index in [0.717, 1.165) is 17.7 Å². The maximum Gasteiger partial charge on any atom is 0.416 e. The van der Waals surface area contributed by atoms with Gasteiger partial charge in [0.15, 0.2) is 0 Å². The van der Waals surface area contributed by atoms with Gasteiger partial charge in [0.1, 0.15) is 0 Å². The van der Waals surface area contributed by atoms with Gasteiger partial charge in [-0.1, -0.05) is 6.07 Å². The van der Waals surface area contributed by atoms with Gasteiger partial charge in [-0.25, -0.2) is 4.68 Å². The number of hydrogen-bond acceptors (Lipinski definition) is 3. The number of carbonyl (C=O) groups excluding carboxylic acids is 1. The van der Waals surface area contributed by atoms with Crippen LogP contribution in [0.3, 0.4) is 0 Å². The first kappa shape index (κ1) is 19.7. The summed E-state index contributed by atoms with van der Waals surface area (Å²) in [4.78, 5) is 12.3. The lowest BCUT2D eigenvalue weighted by Gasteiger charge is -2.10. The molecule has 0 atom stereocenters. The lowest BCUT2D eigenvalue weighted by molar-refractivity contribution is -0.137. The maximum atomic E-state index is 13.0. The number of benzene rings is 1. The van der Waals surface area contributed by atoms with E-state index in [9.17, 15) is 18.0 Å². The molecule has 1 aromatic carbocycles. The Balaban J connectivity index is 1.77. The summed E-state index contributed by atoms with van der Waals surface area (Å²) in [7, 11) is 1.79. The van der Waals surface area contributed by atoms with Crippen LogP contribution >= 0.6 is 0 Å². The van der Waals surface area contributed by atoms with Gasteiger partial charge in [-0.3, -0.25) is 9.48 Å². The summed E-state index contributed by atoms with van der Waals surface area (Å²) in [6.07, 6.45) is -0.858. The summed E-state index contributed by atoms with van der Waals surface area (Å²) in [6, 6.07) is 4.96. The molecule has 148 valence electrons. The predicted octanol–water partition coefficient (Wildman–Crippen LogP) is 3.10. The van der Waals surface area contributed by atoms with Crippen molar-refractivity contribution in [2.75, 3.05) is 0 Å². The standard InChI is InChI=1S/C19H20F3N5O/c1-12-17(8-18(28)23-9-14-10-24-26(3)11-14)13(2)27(25-12)16-6-4-5-15(7-16)19(20,21)22/h4-7,10-11H,8-9H2,1-3H3,(H,23,28). The van der Waals surface area contributed by atoms with Crippen LogP contribution < -0.4 is 5.32 Å². The van der Waals surface area contributed by atoms with Crippen LogP contribution in [-0.4, -0.2) is 25.5 Å². The van der Waals surface area contributed by atoms with Gasteiger partial charge in [0, 0.05) is 36.6 Å². The zero-order valence-corrected chi connectivity index (χ0v) is 15.7. The number of halogens is 3. The molecule has 0 aliphatic heterocycles. The fraction of sp³-hybridized carbons (Fsp3) is 0.316. The molecule has 0 radical (unpaired) electrons. The van der Waals surface area contributed by atoms with Crippen molar-refractivity contribution in [1.29, 1.82) is 0 Å². The fourth-order valence-corrected chi connectivity index (χ4v) is 2.98. The van der Waals surface area contributed by atoms with Gasteiger partial charge in [0.25, 0.3) is 0 Å². The molecule has 1 amide bonds. The number of alkyl halides is 3. The van der Waals surface area contributed by atoms with Crippen molar-refractivity contribution in [3.05, 3.63) is 64.7 Å². The lowest BCUT2D eigenvalue weighted by atomic mass is 10.1. The Morgan fingerprint density at radius 1 is 1.25 bits per heavy atom. The van der Waals surface area contributed by atoms with Crippen molar-refractivity contribution in [3.63, 3.8) is 0 Å². The molecule has 3 rings (SSSR count). The van der Waals surface area contributed by atoms with Crippen molar-refractivity contribution >= 4 is 5.91 Å². The SMILES string of the molecule is Cc1nn(-c2cccc(C(F)(F)F)c2)c(C)c1CC(=O)NCc1cnn(C)c1. The van der Waals surface area contributed by atoms with Crippen LogP contribution in [0.5, 0.6) is 0 Å². The minimum absolute atomic E-state index is 0.0941. The molecular weight excluding hydrogens is 371 g/mol. The van der Waals surface area contributed by atoms with Crippen LogP contribution in [0.15, 0.2) is 36.7 Å². The van der Waals surface area contributed by atoms with Crippen LogP contribution in [0.2, 0.25) is 0 Å². The van der Waals surface area contributed by atoms with Crippen molar-refractivity contribution in [3.8, 4) is 5.69 Å². The van der Waals surface area contributed by atoms with Gasteiger partial charge in [-0.2, -0.15) is 23.4 Å². The Morgan fingerprint density at radius 2 is 2.00 bits per heavy atom. The van der Waals surface area contributed by atoms with E-state index in [1.54, 1.807) is 37.8 Å². The van der Waals surface area contributed by atoms with E-state index in [4.69, 9.17) is 0 Å². The van der Waals surface area contributed by atoms with E-state index >= 15 is 0 Å². The highest BCUT2D eigenvalue weighted by molar-refractivity contribution is 5.79. The molecule has 3 aromatic rings. The van der Waals surface area contributed by atoms with E-state index in [1.807, 2.05) is 6.20 Å². The monoisotopic (exact) mass is 391 g/mol. The first-order chi connectivity index (χ1) is 13.1. The number of carbonyl (C=O) groups is 1. The molecule has 1 N–H and O–H groups in total. The number of amides is 1. The normalized spacial score (nSPS) is 11.6. The maximum absolute atomic E-state index is 13.0. The third-order valence-corrected chi connectivity index (χ3v) is 4.44. The number of nitrogens with zero attached hydrogens (tertiary/aromatic N) is 4. The molecule has 2 heterocycles. The van der Waals surface area contributed by atoms with E-state index in [0.29, 0.717) is 29.2 Å². The average Bonchev–Trinajstić information content (AvgIpc) is 3.17. The Hall–Kier alpha value is -3.10. The van der Waals surface area contributed by atoms with Gasteiger partial charge in [0.05, 0.1) is 29.6 Å². The average molecular weight is 391 g/mol. The summed E-state index contributed by atoms with van der Waals surface area (Å²) in [5.74, 6) is -0.196. The molecule has 0 aliphatic rings. The van der Waals surface area contributed by atoms with Gasteiger partial charge >= 0.3 is 6.18 Å². The zero-order chi connectivity index (χ0) is 20.5. The fourth-order valence-electron chi connectivity index (χ4n) is 2.98. The highest BCUT2D eigenvalue weighted by Gasteiger charge is 2.30. The number of nitrogens with one attached hydrogen (secondary N) is 1. The molecule has 28 heavy (non-hydrogen) atoms. The summed E-state index contributed by atoms with van der Waals surface area (Å²) in [6.45, 7) is 3.83. The second-order valence-corrected chi connectivity index (χ2v) is 6.59. The van der Waals surface area contributed by atoms with Gasteiger partial charge in [-0.15, -0.1) is 0 Å². The first-order valence-electron chi connectivity index (χ1n) is 8.62. The smallest absolute Gasteiger partial charge is 0.352 e. The van der Waals surface area contributed by atoms with Crippen molar-refractivity contribution in [2.45, 2.75) is 33.0 Å².